The van der Waals surface area contributed by atoms with Gasteiger partial charge in [-0.2, -0.15) is 0 Å². The zero-order valence-electron chi connectivity index (χ0n) is 13.5. The third kappa shape index (κ3) is 4.81. The Bertz CT molecular complexity index is 785. The van der Waals surface area contributed by atoms with Crippen LogP contribution in [0.25, 0.3) is 6.08 Å². The van der Waals surface area contributed by atoms with E-state index in [4.69, 9.17) is 4.74 Å². The number of carbonyl (C=O) groups is 1. The highest BCUT2D eigenvalue weighted by Gasteiger charge is 2.21. The Balaban J connectivity index is 2.31. The largest absolute Gasteiger partial charge is 0.502 e. The minimum Gasteiger partial charge on any atom is -0.502 e. The number of hydrogen-bond donors (Lipinski definition) is 1. The van der Waals surface area contributed by atoms with Gasteiger partial charge in [0.15, 0.2) is 5.75 Å². The molecule has 0 spiro atoms. The van der Waals surface area contributed by atoms with Crippen molar-refractivity contribution in [3.8, 4) is 5.75 Å². The normalized spacial score (nSPS) is 11.0. The maximum absolute atomic E-state index is 11.5. The lowest BCUT2D eigenvalue weighted by atomic mass is 10.1. The number of nitro benzene ring substituents is 1. The fourth-order valence-electron chi connectivity index (χ4n) is 2.11. The highest BCUT2D eigenvalue weighted by molar-refractivity contribution is 5.92. The molecule has 0 saturated heterocycles. The van der Waals surface area contributed by atoms with Gasteiger partial charge in [0, 0.05) is 6.08 Å². The molecule has 0 aliphatic carbocycles. The molecule has 7 nitrogen and oxygen atoms in total. The number of benzene rings is 2. The smallest absolute Gasteiger partial charge is 0.373 e. The molecule has 1 N–H and O–H groups in total. The average Bonchev–Trinajstić information content (AvgIpc) is 2.60. The van der Waals surface area contributed by atoms with E-state index in [9.17, 15) is 20.0 Å². The first-order valence-electron chi connectivity index (χ1n) is 7.54. The molecule has 0 amide bonds. The molecule has 0 atom stereocenters. The Morgan fingerprint density at radius 3 is 2.56 bits per heavy atom. The first-order valence-corrected chi connectivity index (χ1v) is 7.54. The lowest BCUT2D eigenvalue weighted by Crippen LogP contribution is -2.07. The first kappa shape index (κ1) is 18.0. The summed E-state index contributed by atoms with van der Waals surface area (Å²) in [5.41, 5.74) is 0.558. The molecule has 7 heteroatoms. The van der Waals surface area contributed by atoms with Crippen LogP contribution in [0.5, 0.6) is 5.75 Å². The van der Waals surface area contributed by atoms with Crippen molar-refractivity contribution in [2.75, 3.05) is 6.61 Å². The number of aliphatic hydroxyl groups excluding tert-OH is 1. The highest BCUT2D eigenvalue weighted by atomic mass is 16.6. The van der Waals surface area contributed by atoms with Gasteiger partial charge in [-0.1, -0.05) is 36.4 Å². The average molecular weight is 343 g/mol. The molecule has 2 aromatic carbocycles. The van der Waals surface area contributed by atoms with Gasteiger partial charge in [0.1, 0.15) is 6.61 Å². The van der Waals surface area contributed by atoms with Gasteiger partial charge in [-0.25, -0.2) is 4.79 Å². The van der Waals surface area contributed by atoms with Gasteiger partial charge >= 0.3 is 11.7 Å². The van der Waals surface area contributed by atoms with Crippen LogP contribution in [0.1, 0.15) is 18.1 Å². The molecule has 2 aromatic rings. The Hall–Kier alpha value is -3.35. The monoisotopic (exact) mass is 343 g/mol. The summed E-state index contributed by atoms with van der Waals surface area (Å²) in [6, 6.07) is 13.6. The van der Waals surface area contributed by atoms with E-state index in [-0.39, 0.29) is 30.2 Å². The standard InChI is InChI=1S/C18H17NO6/c1-2-24-18(21)15(20)11-14-9-6-10-16(17(14)19(22)23)25-12-13-7-4-3-5-8-13/h3-11,20H,2,12H2,1H3/b15-11-. The first-order chi connectivity index (χ1) is 12.0. The van der Waals surface area contributed by atoms with Crippen LogP contribution in [-0.4, -0.2) is 22.6 Å². The zero-order chi connectivity index (χ0) is 18.2. The van der Waals surface area contributed by atoms with Gasteiger partial charge in [-0.15, -0.1) is 0 Å². The van der Waals surface area contributed by atoms with E-state index >= 15 is 0 Å². The lowest BCUT2D eigenvalue weighted by Gasteiger charge is -2.08. The van der Waals surface area contributed by atoms with Crippen LogP contribution in [0.4, 0.5) is 5.69 Å². The number of ether oxygens (including phenoxy) is 2. The molecule has 0 heterocycles. The number of esters is 1. The number of carbonyl (C=O) groups excluding carboxylic acids is 1. The predicted molar refractivity (Wildman–Crippen MR) is 91.1 cm³/mol. The van der Waals surface area contributed by atoms with Crippen LogP contribution in [0.3, 0.4) is 0 Å². The summed E-state index contributed by atoms with van der Waals surface area (Å²) in [5, 5.41) is 21.2. The highest BCUT2D eigenvalue weighted by Crippen LogP contribution is 2.32. The van der Waals surface area contributed by atoms with Gasteiger partial charge in [-0.3, -0.25) is 10.1 Å². The van der Waals surface area contributed by atoms with Crippen LogP contribution in [0.15, 0.2) is 54.3 Å². The molecule has 0 fully saturated rings. The van der Waals surface area contributed by atoms with Gasteiger partial charge in [0.05, 0.1) is 17.1 Å². The number of hydrogen-bond acceptors (Lipinski definition) is 6. The second kappa shape index (κ2) is 8.49. The molecular weight excluding hydrogens is 326 g/mol. The molecule has 25 heavy (non-hydrogen) atoms. The summed E-state index contributed by atoms with van der Waals surface area (Å²) >= 11 is 0. The van der Waals surface area contributed by atoms with E-state index in [0.29, 0.717) is 0 Å². The summed E-state index contributed by atoms with van der Waals surface area (Å²) < 4.78 is 10.2. The molecule has 0 saturated carbocycles. The Labute approximate surface area is 144 Å². The number of nitro groups is 1. The van der Waals surface area contributed by atoms with Crippen LogP contribution in [-0.2, 0) is 16.1 Å². The molecule has 0 aromatic heterocycles. The molecule has 0 radical (unpaired) electrons. The quantitative estimate of drug-likeness (QED) is 0.271. The van der Waals surface area contributed by atoms with Crippen molar-refractivity contribution >= 4 is 17.7 Å². The third-order valence-electron chi connectivity index (χ3n) is 3.23. The van der Waals surface area contributed by atoms with Crippen molar-refractivity contribution in [1.82, 2.24) is 0 Å². The number of rotatable bonds is 7. The summed E-state index contributed by atoms with van der Waals surface area (Å²) in [6.07, 6.45) is 0.992. The van der Waals surface area contributed by atoms with Crippen LogP contribution < -0.4 is 4.74 Å². The molecule has 0 aliphatic rings. The van der Waals surface area contributed by atoms with Crippen molar-refractivity contribution in [3.63, 3.8) is 0 Å². The number of nitrogens with zero attached hydrogens (tertiary/aromatic N) is 1. The van der Waals surface area contributed by atoms with E-state index in [2.05, 4.69) is 4.74 Å². The Morgan fingerprint density at radius 2 is 1.92 bits per heavy atom. The molecule has 0 bridgehead atoms. The predicted octanol–water partition coefficient (Wildman–Crippen LogP) is 3.64. The SMILES string of the molecule is CCOC(=O)/C(O)=C/c1cccc(OCc2ccccc2)c1[N+](=O)[O-]. The summed E-state index contributed by atoms with van der Waals surface area (Å²) in [7, 11) is 0. The van der Waals surface area contributed by atoms with Crippen LogP contribution >= 0.6 is 0 Å². The van der Waals surface area contributed by atoms with E-state index in [0.717, 1.165) is 11.6 Å². The van der Waals surface area contributed by atoms with Crippen LogP contribution in [0, 0.1) is 10.1 Å². The minimum absolute atomic E-state index is 0.0410. The Kier molecular flexibility index (Phi) is 6.11. The molecule has 0 aliphatic heterocycles. The Morgan fingerprint density at radius 1 is 1.20 bits per heavy atom. The lowest BCUT2D eigenvalue weighted by molar-refractivity contribution is -0.386. The summed E-state index contributed by atoms with van der Waals surface area (Å²) in [5.74, 6) is -1.63. The molecular formula is C18H17NO6. The van der Waals surface area contributed by atoms with Gasteiger partial charge < -0.3 is 14.6 Å². The third-order valence-corrected chi connectivity index (χ3v) is 3.23. The van der Waals surface area contributed by atoms with Crippen molar-refractivity contribution in [3.05, 3.63) is 75.5 Å². The van der Waals surface area contributed by atoms with E-state index in [1.54, 1.807) is 6.92 Å². The van der Waals surface area contributed by atoms with E-state index in [1.165, 1.54) is 18.2 Å². The van der Waals surface area contributed by atoms with E-state index in [1.807, 2.05) is 30.3 Å². The van der Waals surface area contributed by atoms with E-state index < -0.39 is 16.7 Å². The zero-order valence-corrected chi connectivity index (χ0v) is 13.5. The maximum Gasteiger partial charge on any atom is 0.373 e. The molecule has 130 valence electrons. The molecule has 0 unspecified atom stereocenters. The van der Waals surface area contributed by atoms with Crippen molar-refractivity contribution < 1.29 is 24.3 Å². The van der Waals surface area contributed by atoms with Crippen LogP contribution in [0.2, 0.25) is 0 Å². The van der Waals surface area contributed by atoms with Crippen molar-refractivity contribution in [1.29, 1.82) is 0 Å². The minimum atomic E-state index is -0.951. The van der Waals surface area contributed by atoms with Gasteiger partial charge in [0.2, 0.25) is 5.76 Å². The van der Waals surface area contributed by atoms with Crippen molar-refractivity contribution in [2.24, 2.45) is 0 Å². The van der Waals surface area contributed by atoms with Gasteiger partial charge in [0.25, 0.3) is 0 Å². The topological polar surface area (TPSA) is 98.9 Å². The molecule has 2 rings (SSSR count). The van der Waals surface area contributed by atoms with Gasteiger partial charge in [-0.05, 0) is 24.6 Å². The second-order valence-corrected chi connectivity index (χ2v) is 4.98. The summed E-state index contributed by atoms with van der Waals surface area (Å²) in [6.45, 7) is 1.82. The maximum atomic E-state index is 11.5. The number of aliphatic hydroxyl groups is 1. The fraction of sp³-hybridized carbons (Fsp3) is 0.167. The number of para-hydroxylation sites is 1. The van der Waals surface area contributed by atoms with Crippen molar-refractivity contribution in [2.45, 2.75) is 13.5 Å². The fourth-order valence-corrected chi connectivity index (χ4v) is 2.11. The second-order valence-electron chi connectivity index (χ2n) is 4.98. The summed E-state index contributed by atoms with van der Waals surface area (Å²) in [4.78, 5) is 22.3.